The predicted molar refractivity (Wildman–Crippen MR) is 57.7 cm³/mol. The van der Waals surface area contributed by atoms with Crippen LogP contribution in [-0.2, 0) is 4.84 Å². The molecule has 0 spiro atoms. The van der Waals surface area contributed by atoms with E-state index in [0.29, 0.717) is 0 Å². The summed E-state index contributed by atoms with van der Waals surface area (Å²) in [4.78, 5) is 13.1. The van der Waals surface area contributed by atoms with Crippen LogP contribution in [0.15, 0.2) is 23.3 Å². The quantitative estimate of drug-likeness (QED) is 0.444. The number of pyridine rings is 1. The van der Waals surface area contributed by atoms with E-state index in [2.05, 4.69) is 15.3 Å². The molecule has 1 heterocycles. The van der Waals surface area contributed by atoms with Gasteiger partial charge in [0.2, 0.25) is 0 Å². The van der Waals surface area contributed by atoms with Crippen molar-refractivity contribution in [3.05, 3.63) is 18.3 Å². The van der Waals surface area contributed by atoms with Gasteiger partial charge < -0.3 is 5.32 Å². The Bertz CT molecular complexity index is 313. The summed E-state index contributed by atoms with van der Waals surface area (Å²) < 4.78 is 0. The highest BCUT2D eigenvalue weighted by Crippen LogP contribution is 2.20. The Morgan fingerprint density at radius 3 is 3.07 bits per heavy atom. The van der Waals surface area contributed by atoms with E-state index in [9.17, 15) is 0 Å². The maximum absolute atomic E-state index is 5.04. The lowest BCUT2D eigenvalue weighted by Crippen LogP contribution is -2.17. The zero-order valence-corrected chi connectivity index (χ0v) is 8.56. The molecule has 1 aromatic rings. The first kappa shape index (κ1) is 10.5. The Morgan fingerprint density at radius 2 is 2.43 bits per heavy atom. The second-order valence-corrected chi connectivity index (χ2v) is 2.59. The molecule has 0 aromatic carbocycles. The number of anilines is 2. The van der Waals surface area contributed by atoms with E-state index in [1.165, 1.54) is 0 Å². The van der Waals surface area contributed by atoms with Crippen LogP contribution in [0.1, 0.15) is 0 Å². The molecule has 76 valence electrons. The minimum Gasteiger partial charge on any atom is -0.344 e. The summed E-state index contributed by atoms with van der Waals surface area (Å²) in [6.45, 7) is 0. The zero-order valence-electron chi connectivity index (χ0n) is 8.56. The molecular formula is C9H14N4O. The van der Waals surface area contributed by atoms with Crippen LogP contribution >= 0.6 is 0 Å². The highest BCUT2D eigenvalue weighted by molar-refractivity contribution is 5.81. The van der Waals surface area contributed by atoms with Crippen molar-refractivity contribution in [2.75, 3.05) is 31.6 Å². The number of hydroxylamine groups is 1. The molecule has 0 bridgehead atoms. The van der Waals surface area contributed by atoms with Gasteiger partial charge in [-0.2, -0.15) is 0 Å². The van der Waals surface area contributed by atoms with E-state index in [4.69, 9.17) is 4.84 Å². The van der Waals surface area contributed by atoms with E-state index < -0.39 is 0 Å². The van der Waals surface area contributed by atoms with Crippen molar-refractivity contribution in [3.63, 3.8) is 0 Å². The van der Waals surface area contributed by atoms with Crippen LogP contribution in [0.2, 0.25) is 0 Å². The fourth-order valence-electron chi connectivity index (χ4n) is 0.981. The van der Waals surface area contributed by atoms with Gasteiger partial charge in [0.05, 0.1) is 19.1 Å². The molecule has 0 saturated carbocycles. The second kappa shape index (κ2) is 5.18. The summed E-state index contributed by atoms with van der Waals surface area (Å²) in [5, 5.41) is 4.58. The van der Waals surface area contributed by atoms with Crippen molar-refractivity contribution in [1.29, 1.82) is 0 Å². The Hall–Kier alpha value is -1.62. The second-order valence-electron chi connectivity index (χ2n) is 2.59. The first-order valence-electron chi connectivity index (χ1n) is 4.19. The van der Waals surface area contributed by atoms with Gasteiger partial charge in [-0.15, -0.1) is 0 Å². The lowest BCUT2D eigenvalue weighted by atomic mass is 10.4. The first-order valence-corrected chi connectivity index (χ1v) is 4.19. The molecule has 5 heteroatoms. The highest BCUT2D eigenvalue weighted by Gasteiger charge is 2.06. The van der Waals surface area contributed by atoms with Crippen molar-refractivity contribution < 1.29 is 4.84 Å². The molecule has 0 saturated heterocycles. The lowest BCUT2D eigenvalue weighted by Gasteiger charge is -2.17. The molecule has 0 fully saturated rings. The molecular weight excluding hydrogens is 180 g/mol. The summed E-state index contributed by atoms with van der Waals surface area (Å²) >= 11 is 0. The monoisotopic (exact) mass is 194 g/mol. The number of nitrogens with one attached hydrogen (secondary N) is 1. The van der Waals surface area contributed by atoms with Crippen LogP contribution in [-0.4, -0.2) is 32.5 Å². The van der Waals surface area contributed by atoms with Crippen LogP contribution < -0.4 is 10.4 Å². The van der Waals surface area contributed by atoms with Gasteiger partial charge in [0.25, 0.3) is 0 Å². The molecule has 0 amide bonds. The largest absolute Gasteiger partial charge is 0.344 e. The number of nitrogens with zero attached hydrogens (tertiary/aromatic N) is 3. The molecule has 0 unspecified atom stereocenters. The van der Waals surface area contributed by atoms with Crippen molar-refractivity contribution in [2.24, 2.45) is 4.99 Å². The third-order valence-corrected chi connectivity index (χ3v) is 1.71. The van der Waals surface area contributed by atoms with Gasteiger partial charge >= 0.3 is 0 Å². The van der Waals surface area contributed by atoms with E-state index in [0.717, 1.165) is 11.5 Å². The molecule has 0 aliphatic rings. The van der Waals surface area contributed by atoms with Crippen molar-refractivity contribution in [1.82, 2.24) is 4.98 Å². The Balaban J connectivity index is 2.90. The van der Waals surface area contributed by atoms with E-state index >= 15 is 0 Å². The van der Waals surface area contributed by atoms with E-state index in [-0.39, 0.29) is 0 Å². The smallest absolute Gasteiger partial charge is 0.176 e. The van der Waals surface area contributed by atoms with E-state index in [1.54, 1.807) is 38.8 Å². The Morgan fingerprint density at radius 1 is 1.64 bits per heavy atom. The first-order chi connectivity index (χ1) is 6.79. The minimum absolute atomic E-state index is 0.718. The zero-order chi connectivity index (χ0) is 10.4. The van der Waals surface area contributed by atoms with Gasteiger partial charge in [0, 0.05) is 20.3 Å². The minimum atomic E-state index is 0.718. The molecule has 1 N–H and O–H groups in total. The van der Waals surface area contributed by atoms with Gasteiger partial charge in [-0.05, 0) is 12.1 Å². The SMILES string of the molecule is CN=CNc1cccnc1N(C)OC. The topological polar surface area (TPSA) is 49.8 Å². The Kier molecular flexibility index (Phi) is 3.87. The van der Waals surface area contributed by atoms with Gasteiger partial charge in [-0.25, -0.2) is 10.0 Å². The predicted octanol–water partition coefficient (Wildman–Crippen LogP) is 1.15. The molecule has 0 radical (unpaired) electrons. The van der Waals surface area contributed by atoms with Crippen LogP contribution in [0.5, 0.6) is 0 Å². The summed E-state index contributed by atoms with van der Waals surface area (Å²) in [5.41, 5.74) is 0.849. The molecule has 14 heavy (non-hydrogen) atoms. The fraction of sp³-hybridized carbons (Fsp3) is 0.333. The Labute approximate surface area is 83.4 Å². The van der Waals surface area contributed by atoms with Gasteiger partial charge in [0.15, 0.2) is 5.82 Å². The number of hydrogen-bond donors (Lipinski definition) is 1. The summed E-state index contributed by atoms with van der Waals surface area (Å²) in [7, 11) is 5.08. The van der Waals surface area contributed by atoms with Crippen LogP contribution in [0.3, 0.4) is 0 Å². The maximum Gasteiger partial charge on any atom is 0.176 e. The molecule has 1 rings (SSSR count). The summed E-state index contributed by atoms with van der Waals surface area (Å²) in [6.07, 6.45) is 3.31. The fourth-order valence-corrected chi connectivity index (χ4v) is 0.981. The lowest BCUT2D eigenvalue weighted by molar-refractivity contribution is 0.183. The number of aromatic nitrogens is 1. The van der Waals surface area contributed by atoms with Crippen LogP contribution in [0.4, 0.5) is 11.5 Å². The van der Waals surface area contributed by atoms with Gasteiger partial charge in [0.1, 0.15) is 0 Å². The maximum atomic E-state index is 5.04. The van der Waals surface area contributed by atoms with Crippen LogP contribution in [0.25, 0.3) is 0 Å². The third kappa shape index (κ3) is 2.43. The average Bonchev–Trinajstić information content (AvgIpc) is 2.25. The molecule has 0 aliphatic heterocycles. The summed E-state index contributed by atoms with van der Waals surface area (Å²) in [5.74, 6) is 0.718. The standard InChI is InChI=1S/C9H14N4O/c1-10-7-12-8-5-4-6-11-9(8)13(2)14-3/h4-7H,1-3H3,(H,10,12). The third-order valence-electron chi connectivity index (χ3n) is 1.71. The average molecular weight is 194 g/mol. The molecule has 0 aliphatic carbocycles. The summed E-state index contributed by atoms with van der Waals surface area (Å²) in [6, 6.07) is 3.75. The van der Waals surface area contributed by atoms with Crippen molar-refractivity contribution in [2.45, 2.75) is 0 Å². The van der Waals surface area contributed by atoms with Gasteiger partial charge in [-0.3, -0.25) is 9.83 Å². The number of hydrogen-bond acceptors (Lipinski definition) is 4. The molecule has 0 atom stereocenters. The van der Waals surface area contributed by atoms with E-state index in [1.807, 2.05) is 12.1 Å². The highest BCUT2D eigenvalue weighted by atomic mass is 16.7. The van der Waals surface area contributed by atoms with Crippen molar-refractivity contribution >= 4 is 17.8 Å². The van der Waals surface area contributed by atoms with Gasteiger partial charge in [-0.1, -0.05) is 0 Å². The molecule has 5 nitrogen and oxygen atoms in total. The van der Waals surface area contributed by atoms with Crippen molar-refractivity contribution in [3.8, 4) is 0 Å². The number of rotatable bonds is 4. The normalized spacial score (nSPS) is 10.5. The van der Waals surface area contributed by atoms with Crippen LogP contribution in [0, 0.1) is 0 Å². The molecule has 1 aromatic heterocycles. The number of aliphatic imine (C=N–C) groups is 1.